The second-order valence-electron chi connectivity index (χ2n) is 11.0. The molecule has 0 aliphatic carbocycles. The summed E-state index contributed by atoms with van der Waals surface area (Å²) in [5, 5.41) is 33.9. The second-order valence-corrected chi connectivity index (χ2v) is 11.0. The summed E-state index contributed by atoms with van der Waals surface area (Å²) in [6.45, 7) is 2.15. The molecule has 1 unspecified atom stereocenters. The maximum absolute atomic E-state index is 13.7. The highest BCUT2D eigenvalue weighted by Crippen LogP contribution is 2.28. The van der Waals surface area contributed by atoms with Gasteiger partial charge in [-0.05, 0) is 53.4 Å². The number of hydrogen-bond donors (Lipinski definition) is 4. The molecule has 15 heteroatoms. The molecule has 15 nitrogen and oxygen atoms in total. The molecule has 0 saturated carbocycles. The Balaban J connectivity index is 1.19. The first-order valence-corrected chi connectivity index (χ1v) is 14.6. The van der Waals surface area contributed by atoms with Gasteiger partial charge in [-0.1, -0.05) is 47.6 Å². The number of aliphatic hydroxyl groups excluding tert-OH is 1. The Labute approximate surface area is 265 Å². The zero-order chi connectivity index (χ0) is 32.7. The van der Waals surface area contributed by atoms with Crippen molar-refractivity contribution >= 4 is 28.8 Å². The molecule has 3 aromatic heterocycles. The Morgan fingerprint density at radius 1 is 1.09 bits per heavy atom. The number of amides is 1. The van der Waals surface area contributed by atoms with Crippen LogP contribution in [-0.4, -0.2) is 64.8 Å². The van der Waals surface area contributed by atoms with Gasteiger partial charge in [-0.25, -0.2) is 14.3 Å². The number of nitrogens with one attached hydrogen (secondary N) is 2. The van der Waals surface area contributed by atoms with E-state index in [0.717, 1.165) is 34.3 Å². The lowest BCUT2D eigenvalue weighted by atomic mass is 9.99. The van der Waals surface area contributed by atoms with E-state index < -0.39 is 17.3 Å². The predicted octanol–water partition coefficient (Wildman–Crippen LogP) is 2.69. The summed E-state index contributed by atoms with van der Waals surface area (Å²) in [5.41, 5.74) is 7.14. The highest BCUT2D eigenvalue weighted by atomic mass is 16.4. The first-order valence-electron chi connectivity index (χ1n) is 14.6. The van der Waals surface area contributed by atoms with E-state index in [1.54, 1.807) is 36.4 Å². The number of likely N-dealkylation sites (tertiary alicyclic amines) is 1. The normalized spacial score (nSPS) is 14.8. The fourth-order valence-corrected chi connectivity index (χ4v) is 5.72. The molecule has 4 heterocycles. The van der Waals surface area contributed by atoms with E-state index in [4.69, 9.17) is 10.2 Å². The topological polar surface area (TPSA) is 214 Å². The van der Waals surface area contributed by atoms with E-state index in [2.05, 4.69) is 30.5 Å². The van der Waals surface area contributed by atoms with Crippen LogP contribution in [0.4, 0.5) is 16.5 Å². The van der Waals surface area contributed by atoms with Crippen molar-refractivity contribution in [1.29, 1.82) is 5.26 Å². The van der Waals surface area contributed by atoms with Crippen LogP contribution in [0.1, 0.15) is 17.7 Å². The van der Waals surface area contributed by atoms with Gasteiger partial charge in [0.25, 0.3) is 5.56 Å². The number of benzene rings is 3. The smallest absolute Gasteiger partial charge is 0.337 e. The standard InChI is InChI=1S/C32H26N10O5/c33-15-25-26-27(42(39-25)22-6-3-5-19(14-22)28-37-38-30(34)47-28)29(44)41(32(46)36-26)31(45)35-21-10-8-18(9-11-21)24-7-2-1-4-20(24)16-40-13-12-23(43)17-40/h1-11,14,23,43H,12-13,16-17H2,(H2,34,38)(H,35,45)(H,36,46). The molecule has 1 fully saturated rings. The third kappa shape index (κ3) is 5.54. The van der Waals surface area contributed by atoms with Gasteiger partial charge in [-0.2, -0.15) is 14.9 Å². The highest BCUT2D eigenvalue weighted by Gasteiger charge is 2.24. The quantitative estimate of drug-likeness (QED) is 0.210. The van der Waals surface area contributed by atoms with Gasteiger partial charge in [-0.3, -0.25) is 9.69 Å². The van der Waals surface area contributed by atoms with Crippen LogP contribution in [0.3, 0.4) is 0 Å². The lowest BCUT2D eigenvalue weighted by Gasteiger charge is -2.18. The van der Waals surface area contributed by atoms with Gasteiger partial charge in [-0.15, -0.1) is 5.10 Å². The largest absolute Gasteiger partial charge is 0.404 e. The summed E-state index contributed by atoms with van der Waals surface area (Å²) in [4.78, 5) is 44.8. The average Bonchev–Trinajstić information content (AvgIpc) is 3.80. The van der Waals surface area contributed by atoms with E-state index in [-0.39, 0.29) is 34.7 Å². The molecule has 6 aromatic rings. The number of nitrogens with zero attached hydrogens (tertiary/aromatic N) is 7. The number of aromatic amines is 1. The van der Waals surface area contributed by atoms with Crippen molar-refractivity contribution in [2.24, 2.45) is 0 Å². The molecule has 0 spiro atoms. The molecule has 5 N–H and O–H groups in total. The number of hydrogen-bond acceptors (Lipinski definition) is 11. The average molecular weight is 631 g/mol. The molecule has 47 heavy (non-hydrogen) atoms. The number of carbonyl (C=O) groups is 1. The summed E-state index contributed by atoms with van der Waals surface area (Å²) in [6, 6.07) is 22.2. The monoisotopic (exact) mass is 630 g/mol. The zero-order valence-corrected chi connectivity index (χ0v) is 24.6. The van der Waals surface area contributed by atoms with Crippen molar-refractivity contribution in [3.8, 4) is 34.3 Å². The molecule has 3 aromatic carbocycles. The Morgan fingerprint density at radius 2 is 1.89 bits per heavy atom. The van der Waals surface area contributed by atoms with E-state index >= 15 is 0 Å². The van der Waals surface area contributed by atoms with Crippen molar-refractivity contribution in [3.63, 3.8) is 0 Å². The Kier molecular flexibility index (Phi) is 7.40. The zero-order valence-electron chi connectivity index (χ0n) is 24.6. The van der Waals surface area contributed by atoms with Crippen LogP contribution in [-0.2, 0) is 6.54 Å². The van der Waals surface area contributed by atoms with Gasteiger partial charge in [0.05, 0.1) is 11.8 Å². The number of H-pyrrole nitrogens is 1. The lowest BCUT2D eigenvalue weighted by molar-refractivity contribution is 0.175. The lowest BCUT2D eigenvalue weighted by Crippen LogP contribution is -2.42. The third-order valence-corrected chi connectivity index (χ3v) is 7.92. The predicted molar refractivity (Wildman–Crippen MR) is 171 cm³/mol. The number of β-amino-alcohol motifs (C(OH)–C–C–N with tert-alkyl or cyclic N) is 1. The number of aliphatic hydroxyl groups is 1. The highest BCUT2D eigenvalue weighted by molar-refractivity contribution is 5.93. The number of nitrogens with two attached hydrogens (primary N) is 1. The molecule has 1 aliphatic heterocycles. The third-order valence-electron chi connectivity index (χ3n) is 7.92. The summed E-state index contributed by atoms with van der Waals surface area (Å²) in [6.07, 6.45) is 0.440. The Bertz CT molecular complexity index is 2310. The molecule has 1 aliphatic rings. The van der Waals surface area contributed by atoms with Crippen molar-refractivity contribution in [2.45, 2.75) is 19.1 Å². The summed E-state index contributed by atoms with van der Waals surface area (Å²) < 4.78 is 6.86. The van der Waals surface area contributed by atoms with Crippen molar-refractivity contribution < 1.29 is 14.3 Å². The van der Waals surface area contributed by atoms with E-state index in [1.165, 1.54) is 0 Å². The fourth-order valence-electron chi connectivity index (χ4n) is 5.72. The van der Waals surface area contributed by atoms with Crippen molar-refractivity contribution in [3.05, 3.63) is 105 Å². The maximum atomic E-state index is 13.7. The molecular weight excluding hydrogens is 604 g/mol. The first-order chi connectivity index (χ1) is 22.8. The van der Waals surface area contributed by atoms with E-state index in [9.17, 15) is 24.8 Å². The second kappa shape index (κ2) is 11.9. The first kappa shape index (κ1) is 29.3. The molecule has 1 amide bonds. The minimum Gasteiger partial charge on any atom is -0.404 e. The van der Waals surface area contributed by atoms with Crippen molar-refractivity contribution in [1.82, 2.24) is 34.4 Å². The van der Waals surface area contributed by atoms with Gasteiger partial charge >= 0.3 is 17.7 Å². The fraction of sp³-hybridized carbons (Fsp3) is 0.156. The molecular formula is C32H26N10O5. The number of rotatable bonds is 6. The van der Waals surface area contributed by atoms with Crippen LogP contribution in [0, 0.1) is 11.3 Å². The molecule has 0 radical (unpaired) electrons. The van der Waals surface area contributed by atoms with Crippen LogP contribution in [0.2, 0.25) is 0 Å². The summed E-state index contributed by atoms with van der Waals surface area (Å²) >= 11 is 0. The Hall–Kier alpha value is -6.37. The number of nitriles is 1. The van der Waals surface area contributed by atoms with Crippen LogP contribution < -0.4 is 22.3 Å². The minimum atomic E-state index is -1.04. The minimum absolute atomic E-state index is 0.118. The van der Waals surface area contributed by atoms with Crippen molar-refractivity contribution in [2.75, 3.05) is 24.1 Å². The molecule has 7 rings (SSSR count). The molecule has 0 bridgehead atoms. The molecule has 1 saturated heterocycles. The Morgan fingerprint density at radius 3 is 2.62 bits per heavy atom. The molecule has 1 atom stereocenters. The van der Waals surface area contributed by atoms with Gasteiger partial charge in [0.2, 0.25) is 5.89 Å². The van der Waals surface area contributed by atoms with Crippen LogP contribution in [0.25, 0.3) is 39.3 Å². The number of nitrogen functional groups attached to an aromatic ring is 1. The van der Waals surface area contributed by atoms with Gasteiger partial charge in [0.15, 0.2) is 11.2 Å². The number of carbonyl (C=O) groups excluding carboxylic acids is 1. The van der Waals surface area contributed by atoms with Gasteiger partial charge in [0, 0.05) is 30.9 Å². The SMILES string of the molecule is N#Cc1nn(-c2cccc(-c3nnc(N)o3)c2)c2c(=O)n(C(=O)Nc3ccc(-c4ccccc4CN4CCC(O)C4)cc3)c(=O)[nH]c12. The van der Waals surface area contributed by atoms with Gasteiger partial charge in [0.1, 0.15) is 11.6 Å². The van der Waals surface area contributed by atoms with E-state index in [1.807, 2.05) is 42.5 Å². The molecule has 234 valence electrons. The number of aromatic nitrogens is 6. The number of fused-ring (bicyclic) bond motifs is 1. The van der Waals surface area contributed by atoms with E-state index in [0.29, 0.717) is 34.6 Å². The maximum Gasteiger partial charge on any atom is 0.337 e. The van der Waals surface area contributed by atoms with Crippen LogP contribution >= 0.6 is 0 Å². The summed E-state index contributed by atoms with van der Waals surface area (Å²) in [7, 11) is 0. The number of anilines is 2. The van der Waals surface area contributed by atoms with Crippen LogP contribution in [0.5, 0.6) is 0 Å². The van der Waals surface area contributed by atoms with Gasteiger partial charge < -0.3 is 25.6 Å². The summed E-state index contributed by atoms with van der Waals surface area (Å²) in [5.74, 6) is 0.118. The van der Waals surface area contributed by atoms with Crippen LogP contribution in [0.15, 0.2) is 86.8 Å².